The van der Waals surface area contributed by atoms with E-state index in [-0.39, 0.29) is 12.0 Å². The van der Waals surface area contributed by atoms with Crippen LogP contribution in [0.4, 0.5) is 0 Å². The van der Waals surface area contributed by atoms with Crippen molar-refractivity contribution in [2.75, 3.05) is 13.6 Å². The second-order valence-electron chi connectivity index (χ2n) is 6.12. The van der Waals surface area contributed by atoms with Crippen LogP contribution in [0.5, 0.6) is 5.75 Å². The molecular formula is C17H19N3O2. The van der Waals surface area contributed by atoms with Crippen LogP contribution >= 0.6 is 0 Å². The molecule has 2 heterocycles. The molecule has 22 heavy (non-hydrogen) atoms. The van der Waals surface area contributed by atoms with E-state index in [9.17, 15) is 4.79 Å². The number of hydrogen-bond donors (Lipinski definition) is 1. The van der Waals surface area contributed by atoms with E-state index in [1.807, 2.05) is 25.2 Å². The lowest BCUT2D eigenvalue weighted by Gasteiger charge is -2.20. The predicted octanol–water partition coefficient (Wildman–Crippen LogP) is 1.97. The number of carbonyl (C=O) groups is 1. The number of fused-ring (bicyclic) bond motifs is 2. The van der Waals surface area contributed by atoms with Gasteiger partial charge in [0.25, 0.3) is 5.91 Å². The van der Waals surface area contributed by atoms with Gasteiger partial charge in [0, 0.05) is 24.7 Å². The normalized spacial score (nSPS) is 18.7. The molecule has 2 aromatic rings. The number of aromatic amines is 1. The number of ether oxygens (including phenoxy) is 1. The minimum Gasteiger partial charge on any atom is -0.488 e. The van der Waals surface area contributed by atoms with Crippen molar-refractivity contribution in [3.63, 3.8) is 0 Å². The number of H-pyrrole nitrogens is 1. The minimum atomic E-state index is -0.0149. The van der Waals surface area contributed by atoms with E-state index in [1.54, 1.807) is 4.90 Å². The molecule has 0 saturated carbocycles. The summed E-state index contributed by atoms with van der Waals surface area (Å²) >= 11 is 0. The Morgan fingerprint density at radius 3 is 3.14 bits per heavy atom. The second kappa shape index (κ2) is 5.16. The van der Waals surface area contributed by atoms with Crippen LogP contribution in [0.2, 0.25) is 0 Å². The summed E-state index contributed by atoms with van der Waals surface area (Å²) in [6.07, 6.45) is 3.94. The van der Waals surface area contributed by atoms with E-state index in [4.69, 9.17) is 4.74 Å². The first-order valence-electron chi connectivity index (χ1n) is 7.78. The molecule has 0 fully saturated rings. The molecular weight excluding hydrogens is 278 g/mol. The smallest absolute Gasteiger partial charge is 0.274 e. The summed E-state index contributed by atoms with van der Waals surface area (Å²) in [5.74, 6) is 0.924. The molecule has 4 rings (SSSR count). The molecule has 0 saturated heterocycles. The van der Waals surface area contributed by atoms with Gasteiger partial charge in [-0.2, -0.15) is 5.10 Å². The molecule has 2 aliphatic rings. The highest BCUT2D eigenvalue weighted by molar-refractivity contribution is 5.94. The average Bonchev–Trinajstić information content (AvgIpc) is 3.20. The van der Waals surface area contributed by atoms with Crippen molar-refractivity contribution in [1.82, 2.24) is 15.1 Å². The van der Waals surface area contributed by atoms with Gasteiger partial charge in [0.1, 0.15) is 11.9 Å². The lowest BCUT2D eigenvalue weighted by Crippen LogP contribution is -2.36. The number of aryl methyl sites for hydroxylation is 1. The summed E-state index contributed by atoms with van der Waals surface area (Å²) in [7, 11) is 1.82. The van der Waals surface area contributed by atoms with Gasteiger partial charge in [0.2, 0.25) is 0 Å². The number of para-hydroxylation sites is 1. The Kier molecular flexibility index (Phi) is 3.13. The average molecular weight is 297 g/mol. The molecule has 1 unspecified atom stereocenters. The molecule has 5 nitrogen and oxygen atoms in total. The van der Waals surface area contributed by atoms with Gasteiger partial charge in [-0.15, -0.1) is 0 Å². The predicted molar refractivity (Wildman–Crippen MR) is 82.1 cm³/mol. The van der Waals surface area contributed by atoms with Gasteiger partial charge in [-0.3, -0.25) is 9.89 Å². The summed E-state index contributed by atoms with van der Waals surface area (Å²) in [6.45, 7) is 0.579. The topological polar surface area (TPSA) is 58.2 Å². The number of amides is 1. The van der Waals surface area contributed by atoms with E-state index in [0.717, 1.165) is 42.7 Å². The number of nitrogens with one attached hydrogen (secondary N) is 1. The number of carbonyl (C=O) groups excluding carboxylic acids is 1. The Morgan fingerprint density at radius 2 is 2.27 bits per heavy atom. The first-order chi connectivity index (χ1) is 10.7. The van der Waals surface area contributed by atoms with Gasteiger partial charge in [0.05, 0.1) is 6.54 Å². The molecule has 1 aliphatic carbocycles. The molecule has 0 spiro atoms. The molecule has 1 aromatic heterocycles. The minimum absolute atomic E-state index is 0.0149. The summed E-state index contributed by atoms with van der Waals surface area (Å²) in [6, 6.07) is 8.06. The molecule has 1 amide bonds. The fourth-order valence-corrected chi connectivity index (χ4v) is 3.42. The van der Waals surface area contributed by atoms with E-state index in [2.05, 4.69) is 16.3 Å². The van der Waals surface area contributed by atoms with Crippen molar-refractivity contribution < 1.29 is 9.53 Å². The van der Waals surface area contributed by atoms with Crippen molar-refractivity contribution in [1.29, 1.82) is 0 Å². The number of likely N-dealkylation sites (N-methyl/N-ethyl adjacent to an activating group) is 1. The second-order valence-corrected chi connectivity index (χ2v) is 6.12. The summed E-state index contributed by atoms with van der Waals surface area (Å²) < 4.78 is 5.92. The van der Waals surface area contributed by atoms with Crippen molar-refractivity contribution in [2.24, 2.45) is 0 Å². The lowest BCUT2D eigenvalue weighted by atomic mass is 10.1. The third-order valence-electron chi connectivity index (χ3n) is 4.55. The zero-order valence-electron chi connectivity index (χ0n) is 12.6. The number of nitrogens with zero attached hydrogens (tertiary/aromatic N) is 2. The van der Waals surface area contributed by atoms with Crippen molar-refractivity contribution in [3.05, 3.63) is 46.8 Å². The van der Waals surface area contributed by atoms with Gasteiger partial charge >= 0.3 is 0 Å². The van der Waals surface area contributed by atoms with E-state index >= 15 is 0 Å². The monoisotopic (exact) mass is 297 g/mol. The van der Waals surface area contributed by atoms with Crippen molar-refractivity contribution >= 4 is 5.91 Å². The largest absolute Gasteiger partial charge is 0.488 e. The van der Waals surface area contributed by atoms with Crippen molar-refractivity contribution in [3.8, 4) is 5.75 Å². The Morgan fingerprint density at radius 1 is 1.41 bits per heavy atom. The highest BCUT2D eigenvalue weighted by atomic mass is 16.5. The number of aromatic nitrogens is 2. The van der Waals surface area contributed by atoms with Gasteiger partial charge < -0.3 is 9.64 Å². The number of hydrogen-bond acceptors (Lipinski definition) is 3. The molecule has 1 aliphatic heterocycles. The molecule has 5 heteroatoms. The zero-order valence-corrected chi connectivity index (χ0v) is 12.6. The molecule has 0 bridgehead atoms. The Balaban J connectivity index is 1.44. The zero-order chi connectivity index (χ0) is 15.1. The molecule has 1 atom stereocenters. The Bertz CT molecular complexity index is 697. The Hall–Kier alpha value is -2.30. The lowest BCUT2D eigenvalue weighted by molar-refractivity contribution is 0.0723. The van der Waals surface area contributed by atoms with Crippen molar-refractivity contribution in [2.45, 2.75) is 31.8 Å². The van der Waals surface area contributed by atoms with Gasteiger partial charge in [-0.1, -0.05) is 18.2 Å². The maximum atomic E-state index is 12.6. The number of benzene rings is 1. The maximum absolute atomic E-state index is 12.6. The summed E-state index contributed by atoms with van der Waals surface area (Å²) in [5, 5.41) is 7.22. The van der Waals surface area contributed by atoms with Crippen LogP contribution in [0.1, 0.15) is 33.7 Å². The molecule has 1 N–H and O–H groups in total. The van der Waals surface area contributed by atoms with Gasteiger partial charge in [0.15, 0.2) is 5.69 Å². The Labute approximate surface area is 129 Å². The number of rotatable bonds is 3. The first-order valence-corrected chi connectivity index (χ1v) is 7.78. The third kappa shape index (κ3) is 2.17. The third-order valence-corrected chi connectivity index (χ3v) is 4.55. The van der Waals surface area contributed by atoms with Gasteiger partial charge in [-0.05, 0) is 30.9 Å². The first kappa shape index (κ1) is 13.4. The van der Waals surface area contributed by atoms with Crippen LogP contribution < -0.4 is 4.74 Å². The molecule has 114 valence electrons. The van der Waals surface area contributed by atoms with Crippen LogP contribution in [0, 0.1) is 0 Å². The SMILES string of the molecule is CN(CC1Cc2ccccc2O1)C(=O)c1n[nH]c2c1CCC2. The summed E-state index contributed by atoms with van der Waals surface area (Å²) in [4.78, 5) is 14.3. The highest BCUT2D eigenvalue weighted by Gasteiger charge is 2.29. The highest BCUT2D eigenvalue weighted by Crippen LogP contribution is 2.29. The van der Waals surface area contributed by atoms with Gasteiger partial charge in [-0.25, -0.2) is 0 Å². The van der Waals surface area contributed by atoms with E-state index in [0.29, 0.717) is 12.2 Å². The quantitative estimate of drug-likeness (QED) is 0.942. The van der Waals surface area contributed by atoms with Crippen LogP contribution in [-0.2, 0) is 19.3 Å². The molecule has 0 radical (unpaired) electrons. The van der Waals surface area contributed by atoms with Crippen LogP contribution in [-0.4, -0.2) is 40.7 Å². The van der Waals surface area contributed by atoms with Crippen LogP contribution in [0.15, 0.2) is 24.3 Å². The molecule has 1 aromatic carbocycles. The summed E-state index contributed by atoms with van der Waals surface area (Å²) in [5.41, 5.74) is 4.04. The van der Waals surface area contributed by atoms with E-state index < -0.39 is 0 Å². The fourth-order valence-electron chi connectivity index (χ4n) is 3.42. The standard InChI is InChI=1S/C17H19N3O2/c1-20(10-12-9-11-5-2-3-8-15(11)22-12)17(21)16-13-6-4-7-14(13)18-19-16/h2-3,5,8,12H,4,6-7,9-10H2,1H3,(H,18,19). The maximum Gasteiger partial charge on any atom is 0.274 e. The van der Waals surface area contributed by atoms with E-state index in [1.165, 1.54) is 5.56 Å². The van der Waals surface area contributed by atoms with Crippen LogP contribution in [0.25, 0.3) is 0 Å². The fraction of sp³-hybridized carbons (Fsp3) is 0.412. The van der Waals surface area contributed by atoms with Crippen LogP contribution in [0.3, 0.4) is 0 Å².